The van der Waals surface area contributed by atoms with E-state index in [1.54, 1.807) is 14.2 Å². The number of methoxy groups -OCH3 is 2. The van der Waals surface area contributed by atoms with Crippen molar-refractivity contribution in [3.05, 3.63) is 27.7 Å². The van der Waals surface area contributed by atoms with Gasteiger partial charge in [0.25, 0.3) is 0 Å². The summed E-state index contributed by atoms with van der Waals surface area (Å²) in [7, 11) is 3.27. The summed E-state index contributed by atoms with van der Waals surface area (Å²) in [5.74, 6) is 0. The highest BCUT2D eigenvalue weighted by molar-refractivity contribution is 9.10. The van der Waals surface area contributed by atoms with E-state index >= 15 is 0 Å². The van der Waals surface area contributed by atoms with E-state index in [1.807, 2.05) is 0 Å². The molecule has 0 saturated carbocycles. The largest absolute Gasteiger partial charge is 0.380 e. The van der Waals surface area contributed by atoms with Crippen LogP contribution in [0.15, 0.2) is 16.6 Å². The third kappa shape index (κ3) is 3.47. The number of benzene rings is 1. The van der Waals surface area contributed by atoms with E-state index < -0.39 is 0 Å². The average Bonchev–Trinajstić information content (AvgIpc) is 2.27. The van der Waals surface area contributed by atoms with Crippen LogP contribution in [0.2, 0.25) is 0 Å². The minimum Gasteiger partial charge on any atom is -0.380 e. The molecule has 1 rings (SSSR count). The average molecular weight is 288 g/mol. The fraction of sp³-hybridized carbons (Fsp3) is 0.500. The maximum atomic E-state index is 5.11. The van der Waals surface area contributed by atoms with Crippen molar-refractivity contribution in [2.24, 2.45) is 0 Å². The lowest BCUT2D eigenvalue weighted by molar-refractivity contribution is -0.0914. The fourth-order valence-electron chi connectivity index (χ4n) is 1.51. The third-order valence-electron chi connectivity index (χ3n) is 2.44. The topological polar surface area (TPSA) is 30.5 Å². The second-order valence-corrected chi connectivity index (χ2v) is 4.50. The summed E-state index contributed by atoms with van der Waals surface area (Å²) in [6.45, 7) is 4.78. The van der Waals surface area contributed by atoms with Gasteiger partial charge in [0.05, 0.1) is 6.54 Å². The highest BCUT2D eigenvalue weighted by atomic mass is 79.9. The van der Waals surface area contributed by atoms with Crippen LogP contribution in [0.3, 0.4) is 0 Å². The Hall–Kier alpha value is -0.580. The van der Waals surface area contributed by atoms with Crippen molar-refractivity contribution in [3.8, 4) is 0 Å². The summed E-state index contributed by atoms with van der Waals surface area (Å²) in [5, 5.41) is 3.28. The first-order chi connectivity index (χ1) is 7.58. The molecule has 0 atom stereocenters. The van der Waals surface area contributed by atoms with Crippen LogP contribution in [-0.4, -0.2) is 27.1 Å². The smallest absolute Gasteiger partial charge is 0.173 e. The zero-order chi connectivity index (χ0) is 12.1. The van der Waals surface area contributed by atoms with E-state index in [0.717, 1.165) is 10.2 Å². The molecule has 0 saturated heterocycles. The van der Waals surface area contributed by atoms with Crippen LogP contribution < -0.4 is 5.32 Å². The van der Waals surface area contributed by atoms with Gasteiger partial charge in [-0.2, -0.15) is 0 Å². The second kappa shape index (κ2) is 6.23. The van der Waals surface area contributed by atoms with Crippen LogP contribution in [-0.2, 0) is 9.47 Å². The molecular weight excluding hydrogens is 270 g/mol. The van der Waals surface area contributed by atoms with Gasteiger partial charge in [-0.25, -0.2) is 0 Å². The molecule has 0 heterocycles. The summed E-state index contributed by atoms with van der Waals surface area (Å²) < 4.78 is 11.4. The van der Waals surface area contributed by atoms with E-state index in [4.69, 9.17) is 9.47 Å². The molecule has 1 aromatic rings. The minimum absolute atomic E-state index is 0.218. The molecule has 3 nitrogen and oxygen atoms in total. The predicted molar refractivity (Wildman–Crippen MR) is 69.9 cm³/mol. The van der Waals surface area contributed by atoms with Gasteiger partial charge in [-0.1, -0.05) is 15.9 Å². The van der Waals surface area contributed by atoms with Crippen LogP contribution in [0.4, 0.5) is 5.69 Å². The van der Waals surface area contributed by atoms with Crippen LogP contribution in [0, 0.1) is 13.8 Å². The number of aryl methyl sites for hydroxylation is 2. The number of rotatable bonds is 5. The second-order valence-electron chi connectivity index (χ2n) is 3.71. The number of ether oxygens (including phenoxy) is 2. The van der Waals surface area contributed by atoms with Crippen molar-refractivity contribution >= 4 is 21.6 Å². The molecule has 1 N–H and O–H groups in total. The van der Waals surface area contributed by atoms with Gasteiger partial charge in [0.1, 0.15) is 0 Å². The van der Waals surface area contributed by atoms with E-state index in [0.29, 0.717) is 6.54 Å². The summed E-state index contributed by atoms with van der Waals surface area (Å²) in [6, 6.07) is 4.19. The Bertz CT molecular complexity index is 328. The monoisotopic (exact) mass is 287 g/mol. The predicted octanol–water partition coefficient (Wildman–Crippen LogP) is 3.10. The molecule has 0 aliphatic carbocycles. The first-order valence-electron chi connectivity index (χ1n) is 5.14. The van der Waals surface area contributed by atoms with Gasteiger partial charge in [0, 0.05) is 24.4 Å². The Balaban J connectivity index is 2.68. The number of hydrogen-bond donors (Lipinski definition) is 1. The number of halogens is 1. The molecule has 90 valence electrons. The first-order valence-corrected chi connectivity index (χ1v) is 5.94. The lowest BCUT2D eigenvalue weighted by Crippen LogP contribution is -2.23. The van der Waals surface area contributed by atoms with Crippen molar-refractivity contribution in [1.29, 1.82) is 0 Å². The Labute approximate surface area is 105 Å². The van der Waals surface area contributed by atoms with Gasteiger partial charge >= 0.3 is 0 Å². The molecule has 16 heavy (non-hydrogen) atoms. The summed E-state index contributed by atoms with van der Waals surface area (Å²) >= 11 is 3.54. The van der Waals surface area contributed by atoms with E-state index in [2.05, 4.69) is 47.2 Å². The number of hydrogen-bond acceptors (Lipinski definition) is 3. The molecular formula is C12H18BrNO2. The molecule has 0 spiro atoms. The van der Waals surface area contributed by atoms with Crippen LogP contribution in [0.25, 0.3) is 0 Å². The minimum atomic E-state index is -0.218. The standard InChI is InChI=1S/C12H18BrNO2/c1-8-5-10(6-9(2)12(8)13)14-7-11(15-3)16-4/h5-6,11,14H,7H2,1-4H3. The third-order valence-corrected chi connectivity index (χ3v) is 3.69. The van der Waals surface area contributed by atoms with Crippen molar-refractivity contribution in [1.82, 2.24) is 0 Å². The van der Waals surface area contributed by atoms with Gasteiger partial charge in [0.2, 0.25) is 0 Å². The quantitative estimate of drug-likeness (QED) is 0.845. The molecule has 0 amide bonds. The lowest BCUT2D eigenvalue weighted by Gasteiger charge is -2.16. The van der Waals surface area contributed by atoms with Crippen molar-refractivity contribution in [2.45, 2.75) is 20.1 Å². The molecule has 1 aromatic carbocycles. The fourth-order valence-corrected chi connectivity index (χ4v) is 1.74. The molecule has 0 aliphatic rings. The Kier molecular flexibility index (Phi) is 5.25. The van der Waals surface area contributed by atoms with Crippen LogP contribution >= 0.6 is 15.9 Å². The van der Waals surface area contributed by atoms with Gasteiger partial charge in [-0.05, 0) is 37.1 Å². The molecule has 0 bridgehead atoms. The van der Waals surface area contributed by atoms with Crippen molar-refractivity contribution in [3.63, 3.8) is 0 Å². The zero-order valence-electron chi connectivity index (χ0n) is 10.1. The lowest BCUT2D eigenvalue weighted by atomic mass is 10.1. The highest BCUT2D eigenvalue weighted by Gasteiger charge is 2.06. The van der Waals surface area contributed by atoms with Gasteiger partial charge in [0.15, 0.2) is 6.29 Å². The summed E-state index contributed by atoms with van der Waals surface area (Å²) in [6.07, 6.45) is -0.218. The maximum absolute atomic E-state index is 5.11. The highest BCUT2D eigenvalue weighted by Crippen LogP contribution is 2.24. The van der Waals surface area contributed by atoms with Gasteiger partial charge in [-0.15, -0.1) is 0 Å². The number of anilines is 1. The Morgan fingerprint density at radius 1 is 1.19 bits per heavy atom. The SMILES string of the molecule is COC(CNc1cc(C)c(Br)c(C)c1)OC. The van der Waals surface area contributed by atoms with E-state index in [1.165, 1.54) is 11.1 Å². The number of nitrogens with one attached hydrogen (secondary N) is 1. The maximum Gasteiger partial charge on any atom is 0.173 e. The molecule has 0 radical (unpaired) electrons. The van der Waals surface area contributed by atoms with E-state index in [9.17, 15) is 0 Å². The zero-order valence-corrected chi connectivity index (χ0v) is 11.7. The van der Waals surface area contributed by atoms with Crippen LogP contribution in [0.5, 0.6) is 0 Å². The van der Waals surface area contributed by atoms with Gasteiger partial charge in [-0.3, -0.25) is 0 Å². The van der Waals surface area contributed by atoms with Gasteiger partial charge < -0.3 is 14.8 Å². The van der Waals surface area contributed by atoms with Crippen molar-refractivity contribution < 1.29 is 9.47 Å². The summed E-state index contributed by atoms with van der Waals surface area (Å²) in [5.41, 5.74) is 3.51. The Morgan fingerprint density at radius 3 is 2.12 bits per heavy atom. The molecule has 0 unspecified atom stereocenters. The molecule has 0 aliphatic heterocycles. The van der Waals surface area contributed by atoms with Crippen LogP contribution in [0.1, 0.15) is 11.1 Å². The summed E-state index contributed by atoms with van der Waals surface area (Å²) in [4.78, 5) is 0. The molecule has 4 heteroatoms. The molecule has 0 fully saturated rings. The van der Waals surface area contributed by atoms with Crippen molar-refractivity contribution in [2.75, 3.05) is 26.1 Å². The molecule has 0 aromatic heterocycles. The first kappa shape index (κ1) is 13.5. The normalized spacial score (nSPS) is 10.9. The Morgan fingerprint density at radius 2 is 1.69 bits per heavy atom. The van der Waals surface area contributed by atoms with E-state index in [-0.39, 0.29) is 6.29 Å².